The fourth-order valence-corrected chi connectivity index (χ4v) is 5.59. The Balaban J connectivity index is 2.13. The highest BCUT2D eigenvalue weighted by molar-refractivity contribution is 7.90. The molecule has 1 aromatic heterocycles. The summed E-state index contributed by atoms with van der Waals surface area (Å²) in [6, 6.07) is 5.86. The minimum atomic E-state index is -3.92. The van der Waals surface area contributed by atoms with E-state index in [-0.39, 0.29) is 25.8 Å². The zero-order chi connectivity index (χ0) is 18.0. The summed E-state index contributed by atoms with van der Waals surface area (Å²) in [6.45, 7) is 0. The van der Waals surface area contributed by atoms with Gasteiger partial charge in [0.2, 0.25) is 4.80 Å². The Hall–Kier alpha value is -1.15. The summed E-state index contributed by atoms with van der Waals surface area (Å²) in [7, 11) is -3.92. The molecule has 1 aliphatic carbocycles. The molecule has 0 spiro atoms. The number of carbonyl (C=O) groups excluding carboxylic acids is 1. The molecule has 0 amide bonds. The van der Waals surface area contributed by atoms with Gasteiger partial charge >= 0.3 is 0 Å². The first-order valence-corrected chi connectivity index (χ1v) is 10.9. The van der Waals surface area contributed by atoms with Gasteiger partial charge in [0.05, 0.1) is 4.90 Å². The fourth-order valence-electron chi connectivity index (χ4n) is 2.95. The standard InChI is InChI=1S/C16H16Cl2N2O3S2/c17-11-6-8-13(9-7-11)25(22,23)19-16-20(12-4-2-1-3-5-12)15(18)14(10-21)24-16/h6-10,12H,1-5H2/b19-16+. The van der Waals surface area contributed by atoms with Crippen molar-refractivity contribution in [2.45, 2.75) is 43.0 Å². The van der Waals surface area contributed by atoms with Crippen LogP contribution in [0, 0.1) is 0 Å². The Bertz CT molecular complexity index is 941. The van der Waals surface area contributed by atoms with Crippen LogP contribution in [-0.2, 0) is 10.0 Å². The maximum absolute atomic E-state index is 12.6. The molecule has 0 aliphatic heterocycles. The van der Waals surface area contributed by atoms with E-state index in [4.69, 9.17) is 23.2 Å². The van der Waals surface area contributed by atoms with Crippen molar-refractivity contribution in [1.29, 1.82) is 0 Å². The maximum atomic E-state index is 12.6. The second-order valence-corrected chi connectivity index (χ2v) is 9.25. The SMILES string of the molecule is O=Cc1s/c(=N/S(=O)(=O)c2ccc(Cl)cc2)n(C2CCCCC2)c1Cl. The van der Waals surface area contributed by atoms with Crippen molar-refractivity contribution in [2.75, 3.05) is 0 Å². The molecule has 5 nitrogen and oxygen atoms in total. The van der Waals surface area contributed by atoms with Crippen LogP contribution in [0.3, 0.4) is 0 Å². The number of aldehydes is 1. The number of benzene rings is 1. The first-order chi connectivity index (χ1) is 11.9. The number of hydrogen-bond donors (Lipinski definition) is 0. The number of halogens is 2. The number of carbonyl (C=O) groups is 1. The highest BCUT2D eigenvalue weighted by Gasteiger charge is 2.23. The van der Waals surface area contributed by atoms with Crippen LogP contribution in [0.2, 0.25) is 10.2 Å². The van der Waals surface area contributed by atoms with Crippen molar-refractivity contribution in [3.63, 3.8) is 0 Å². The first kappa shape index (κ1) is 18.6. The second kappa shape index (κ2) is 7.61. The summed E-state index contributed by atoms with van der Waals surface area (Å²) in [5, 5.41) is 0.704. The van der Waals surface area contributed by atoms with Crippen molar-refractivity contribution in [3.8, 4) is 0 Å². The van der Waals surface area contributed by atoms with Crippen molar-refractivity contribution < 1.29 is 13.2 Å². The minimum Gasteiger partial charge on any atom is -0.303 e. The number of thiazole rings is 1. The third-order valence-electron chi connectivity index (χ3n) is 4.18. The summed E-state index contributed by atoms with van der Waals surface area (Å²) in [4.78, 5) is 11.8. The molecule has 9 heteroatoms. The van der Waals surface area contributed by atoms with Gasteiger partial charge in [0.15, 0.2) is 6.29 Å². The quantitative estimate of drug-likeness (QED) is 0.687. The lowest BCUT2D eigenvalue weighted by Gasteiger charge is -2.23. The van der Waals surface area contributed by atoms with Gasteiger partial charge in [0.1, 0.15) is 10.0 Å². The Morgan fingerprint density at radius 1 is 1.12 bits per heavy atom. The summed E-state index contributed by atoms with van der Waals surface area (Å²) in [6.07, 6.45) is 5.66. The predicted molar refractivity (Wildman–Crippen MR) is 99.0 cm³/mol. The normalized spacial score (nSPS) is 17.0. The average Bonchev–Trinajstić information content (AvgIpc) is 2.90. The summed E-state index contributed by atoms with van der Waals surface area (Å²) < 4.78 is 30.9. The van der Waals surface area contributed by atoms with Gasteiger partial charge in [-0.3, -0.25) is 4.79 Å². The highest BCUT2D eigenvalue weighted by atomic mass is 35.5. The van der Waals surface area contributed by atoms with Gasteiger partial charge in [-0.2, -0.15) is 8.42 Å². The van der Waals surface area contributed by atoms with E-state index in [9.17, 15) is 13.2 Å². The van der Waals surface area contributed by atoms with E-state index in [0.29, 0.717) is 11.3 Å². The van der Waals surface area contributed by atoms with Crippen molar-refractivity contribution in [1.82, 2.24) is 4.57 Å². The molecule has 1 fully saturated rings. The Morgan fingerprint density at radius 2 is 1.76 bits per heavy atom. The summed E-state index contributed by atoms with van der Waals surface area (Å²) in [5.41, 5.74) is 0. The number of rotatable bonds is 4. The molecule has 25 heavy (non-hydrogen) atoms. The van der Waals surface area contributed by atoms with Crippen molar-refractivity contribution in [2.24, 2.45) is 4.40 Å². The van der Waals surface area contributed by atoms with Crippen LogP contribution < -0.4 is 4.80 Å². The highest BCUT2D eigenvalue weighted by Crippen LogP contribution is 2.31. The monoisotopic (exact) mass is 418 g/mol. The lowest BCUT2D eigenvalue weighted by Crippen LogP contribution is -2.24. The van der Waals surface area contributed by atoms with Gasteiger partial charge in [-0.05, 0) is 37.1 Å². The van der Waals surface area contributed by atoms with E-state index in [1.54, 1.807) is 4.57 Å². The molecular formula is C16H16Cl2N2O3S2. The Labute approximate surface area is 160 Å². The molecule has 0 bridgehead atoms. The molecule has 0 N–H and O–H groups in total. The third kappa shape index (κ3) is 4.00. The Morgan fingerprint density at radius 3 is 2.36 bits per heavy atom. The largest absolute Gasteiger partial charge is 0.303 e. The molecule has 0 atom stereocenters. The third-order valence-corrected chi connectivity index (χ3v) is 7.31. The topological polar surface area (TPSA) is 68.5 Å². The number of nitrogens with zero attached hydrogens (tertiary/aromatic N) is 2. The van der Waals surface area contributed by atoms with Gasteiger partial charge in [0, 0.05) is 11.1 Å². The molecule has 0 saturated heterocycles. The number of hydrogen-bond acceptors (Lipinski definition) is 4. The van der Waals surface area contributed by atoms with E-state index < -0.39 is 10.0 Å². The maximum Gasteiger partial charge on any atom is 0.285 e. The van der Waals surface area contributed by atoms with E-state index in [0.717, 1.165) is 43.4 Å². The lowest BCUT2D eigenvalue weighted by molar-refractivity contribution is 0.112. The van der Waals surface area contributed by atoms with Crippen molar-refractivity contribution >= 4 is 50.8 Å². The molecule has 1 saturated carbocycles. The van der Waals surface area contributed by atoms with Gasteiger partial charge < -0.3 is 4.57 Å². The van der Waals surface area contributed by atoms with E-state index in [2.05, 4.69) is 4.40 Å². The van der Waals surface area contributed by atoms with E-state index in [1.807, 2.05) is 0 Å². The van der Waals surface area contributed by atoms with Gasteiger partial charge in [-0.1, -0.05) is 53.8 Å². The summed E-state index contributed by atoms with van der Waals surface area (Å²) >= 11 is 13.1. The smallest absolute Gasteiger partial charge is 0.285 e. The van der Waals surface area contributed by atoms with Gasteiger partial charge in [0.25, 0.3) is 10.0 Å². The molecule has 134 valence electrons. The fraction of sp³-hybridized carbons (Fsp3) is 0.375. The Kier molecular flexibility index (Phi) is 5.68. The average molecular weight is 419 g/mol. The minimum absolute atomic E-state index is 0.0456. The number of sulfonamides is 1. The molecular weight excluding hydrogens is 403 g/mol. The van der Waals surface area contributed by atoms with Crippen LogP contribution in [0.25, 0.3) is 0 Å². The second-order valence-electron chi connectivity index (χ2n) is 5.84. The zero-order valence-electron chi connectivity index (χ0n) is 13.2. The lowest BCUT2D eigenvalue weighted by atomic mass is 9.95. The van der Waals surface area contributed by atoms with E-state index in [1.165, 1.54) is 24.3 Å². The zero-order valence-corrected chi connectivity index (χ0v) is 16.3. The first-order valence-electron chi connectivity index (χ1n) is 7.85. The van der Waals surface area contributed by atoms with Crippen LogP contribution in [0.1, 0.15) is 47.8 Å². The van der Waals surface area contributed by atoms with Gasteiger partial charge in [-0.15, -0.1) is 4.40 Å². The van der Waals surface area contributed by atoms with Crippen molar-refractivity contribution in [3.05, 3.63) is 44.1 Å². The van der Waals surface area contributed by atoms with Crippen LogP contribution in [0.4, 0.5) is 0 Å². The van der Waals surface area contributed by atoms with Crippen LogP contribution in [0.15, 0.2) is 33.6 Å². The molecule has 2 aromatic rings. The molecule has 1 aromatic carbocycles. The number of aromatic nitrogens is 1. The van der Waals surface area contributed by atoms with Crippen LogP contribution in [0.5, 0.6) is 0 Å². The van der Waals surface area contributed by atoms with Crippen LogP contribution >= 0.6 is 34.5 Å². The van der Waals surface area contributed by atoms with Gasteiger partial charge in [-0.25, -0.2) is 0 Å². The predicted octanol–water partition coefficient (Wildman–Crippen LogP) is 4.46. The molecule has 0 unspecified atom stereocenters. The molecule has 3 rings (SSSR count). The molecule has 0 radical (unpaired) electrons. The summed E-state index contributed by atoms with van der Waals surface area (Å²) in [5.74, 6) is 0. The molecule has 1 heterocycles. The van der Waals surface area contributed by atoms with Crippen LogP contribution in [-0.4, -0.2) is 19.3 Å². The molecule has 1 aliphatic rings. The van der Waals surface area contributed by atoms with E-state index >= 15 is 0 Å².